The van der Waals surface area contributed by atoms with E-state index in [1.54, 1.807) is 6.07 Å². The number of fused-ring (bicyclic) bond motifs is 1. The van der Waals surface area contributed by atoms with Gasteiger partial charge in [0, 0.05) is 43.2 Å². The molecule has 33 heavy (non-hydrogen) atoms. The highest BCUT2D eigenvalue weighted by molar-refractivity contribution is 5.93. The predicted molar refractivity (Wildman–Crippen MR) is 124 cm³/mol. The zero-order valence-corrected chi connectivity index (χ0v) is 19.2. The number of anilines is 1. The molecule has 8 heteroatoms. The van der Waals surface area contributed by atoms with Crippen molar-refractivity contribution in [3.05, 3.63) is 34.9 Å². The highest BCUT2D eigenvalue weighted by Gasteiger charge is 2.31. The van der Waals surface area contributed by atoms with Gasteiger partial charge in [0.2, 0.25) is 0 Å². The molecule has 3 aliphatic rings. The summed E-state index contributed by atoms with van der Waals surface area (Å²) < 4.78 is 26.0. The van der Waals surface area contributed by atoms with Crippen LogP contribution in [0.15, 0.2) is 16.7 Å². The van der Waals surface area contributed by atoms with E-state index in [-0.39, 0.29) is 5.82 Å². The number of halogens is 1. The molecule has 1 aliphatic carbocycles. The number of nitrogens with one attached hydrogen (secondary N) is 1. The molecule has 1 atom stereocenters. The first-order valence-electron chi connectivity index (χ1n) is 12.1. The van der Waals surface area contributed by atoms with Gasteiger partial charge in [-0.05, 0) is 69.1 Å². The number of ether oxygens (including phenoxy) is 1. The van der Waals surface area contributed by atoms with Crippen molar-refractivity contribution in [2.75, 3.05) is 31.2 Å². The van der Waals surface area contributed by atoms with Gasteiger partial charge in [-0.1, -0.05) is 5.16 Å². The summed E-state index contributed by atoms with van der Waals surface area (Å²) in [6.07, 6.45) is 5.23. The molecule has 4 heterocycles. The fourth-order valence-electron chi connectivity index (χ4n) is 5.29. The van der Waals surface area contributed by atoms with Crippen LogP contribution in [0.25, 0.3) is 22.4 Å². The van der Waals surface area contributed by atoms with Gasteiger partial charge in [-0.3, -0.25) is 0 Å². The number of rotatable bonds is 5. The van der Waals surface area contributed by atoms with E-state index in [1.165, 1.54) is 0 Å². The number of aromatic nitrogens is 3. The standard InChI is InChI=1S/C25H30FN5O2/c1-14-19-11-20(16-3-4-16)21(26)12-22(19)29-24(23(14)25-27-15(2)30-33-25)31-8-5-17(6-9-31)28-18-7-10-32-13-18/h11-12,16-18,28H,3-10,13H2,1-2H3/t18-/m0/s1. The monoisotopic (exact) mass is 451 g/mol. The topological polar surface area (TPSA) is 76.3 Å². The summed E-state index contributed by atoms with van der Waals surface area (Å²) >= 11 is 0. The van der Waals surface area contributed by atoms with Gasteiger partial charge in [-0.25, -0.2) is 9.37 Å². The molecule has 7 nitrogen and oxygen atoms in total. The van der Waals surface area contributed by atoms with Crippen LogP contribution in [0.4, 0.5) is 10.2 Å². The van der Waals surface area contributed by atoms with Gasteiger partial charge in [0.25, 0.3) is 5.89 Å². The molecule has 0 bridgehead atoms. The second-order valence-electron chi connectivity index (χ2n) is 9.74. The zero-order valence-electron chi connectivity index (χ0n) is 19.2. The van der Waals surface area contributed by atoms with Crippen LogP contribution in [0.3, 0.4) is 0 Å². The normalized spacial score (nSPS) is 21.9. The van der Waals surface area contributed by atoms with Crippen molar-refractivity contribution >= 4 is 16.7 Å². The Labute approximate surface area is 192 Å². The number of aryl methyl sites for hydroxylation is 2. The van der Waals surface area contributed by atoms with Crippen LogP contribution in [0.2, 0.25) is 0 Å². The van der Waals surface area contributed by atoms with E-state index in [0.29, 0.717) is 35.2 Å². The Morgan fingerprint density at radius 2 is 1.85 bits per heavy atom. The molecule has 1 saturated carbocycles. The molecule has 3 aromatic rings. The van der Waals surface area contributed by atoms with Crippen molar-refractivity contribution in [3.63, 3.8) is 0 Å². The lowest BCUT2D eigenvalue weighted by atomic mass is 9.98. The van der Waals surface area contributed by atoms with E-state index in [0.717, 1.165) is 86.3 Å². The average molecular weight is 452 g/mol. The van der Waals surface area contributed by atoms with E-state index < -0.39 is 0 Å². The molecule has 2 saturated heterocycles. The molecule has 1 aromatic carbocycles. The number of nitrogens with zero attached hydrogens (tertiary/aromatic N) is 4. The molecular formula is C25H30FN5O2. The molecule has 1 N–H and O–H groups in total. The van der Waals surface area contributed by atoms with Crippen LogP contribution in [0, 0.1) is 19.7 Å². The highest BCUT2D eigenvalue weighted by Crippen LogP contribution is 2.44. The maximum atomic E-state index is 14.9. The van der Waals surface area contributed by atoms with Crippen LogP contribution >= 0.6 is 0 Å². The Balaban J connectivity index is 1.37. The fourth-order valence-corrected chi connectivity index (χ4v) is 5.29. The summed E-state index contributed by atoms with van der Waals surface area (Å²) in [4.78, 5) is 11.8. The second-order valence-corrected chi connectivity index (χ2v) is 9.74. The Morgan fingerprint density at radius 1 is 1.03 bits per heavy atom. The van der Waals surface area contributed by atoms with Crippen LogP contribution < -0.4 is 10.2 Å². The third-order valence-electron chi connectivity index (χ3n) is 7.30. The molecule has 0 amide bonds. The van der Waals surface area contributed by atoms with E-state index in [1.807, 2.05) is 13.0 Å². The van der Waals surface area contributed by atoms with Crippen molar-refractivity contribution in [1.29, 1.82) is 0 Å². The summed E-state index contributed by atoms with van der Waals surface area (Å²) in [7, 11) is 0. The molecule has 0 unspecified atom stereocenters. The quantitative estimate of drug-likeness (QED) is 0.621. The van der Waals surface area contributed by atoms with Crippen molar-refractivity contribution < 1.29 is 13.7 Å². The average Bonchev–Trinajstić information content (AvgIpc) is 3.35. The minimum absolute atomic E-state index is 0.147. The lowest BCUT2D eigenvalue weighted by Crippen LogP contribution is -2.46. The van der Waals surface area contributed by atoms with Gasteiger partial charge in [-0.2, -0.15) is 4.98 Å². The van der Waals surface area contributed by atoms with Crippen molar-refractivity contribution in [1.82, 2.24) is 20.4 Å². The third kappa shape index (κ3) is 3.99. The van der Waals surface area contributed by atoms with Crippen LogP contribution in [0.1, 0.15) is 55.0 Å². The van der Waals surface area contributed by atoms with E-state index in [2.05, 4.69) is 27.3 Å². The molecule has 3 fully saturated rings. The van der Waals surface area contributed by atoms with Gasteiger partial charge >= 0.3 is 0 Å². The van der Waals surface area contributed by atoms with Crippen LogP contribution in [0.5, 0.6) is 0 Å². The summed E-state index contributed by atoms with van der Waals surface area (Å²) in [5.74, 6) is 2.07. The molecule has 174 valence electrons. The van der Waals surface area contributed by atoms with E-state index in [4.69, 9.17) is 14.2 Å². The summed E-state index contributed by atoms with van der Waals surface area (Å²) in [6.45, 7) is 7.27. The molecule has 0 spiro atoms. The lowest BCUT2D eigenvalue weighted by molar-refractivity contribution is 0.186. The Bertz CT molecular complexity index is 1180. The van der Waals surface area contributed by atoms with Crippen molar-refractivity contribution in [3.8, 4) is 11.5 Å². The van der Waals surface area contributed by atoms with Crippen molar-refractivity contribution in [2.24, 2.45) is 0 Å². The first-order chi connectivity index (χ1) is 16.1. The van der Waals surface area contributed by atoms with Gasteiger partial charge in [0.15, 0.2) is 5.82 Å². The maximum absolute atomic E-state index is 14.9. The van der Waals surface area contributed by atoms with Gasteiger partial charge < -0.3 is 19.5 Å². The minimum Gasteiger partial charge on any atom is -0.380 e. The Kier molecular flexibility index (Phi) is 5.30. The number of pyridine rings is 1. The first-order valence-corrected chi connectivity index (χ1v) is 12.1. The van der Waals surface area contributed by atoms with Gasteiger partial charge in [0.1, 0.15) is 11.6 Å². The maximum Gasteiger partial charge on any atom is 0.261 e. The summed E-state index contributed by atoms with van der Waals surface area (Å²) in [5.41, 5.74) is 3.37. The van der Waals surface area contributed by atoms with Crippen LogP contribution in [-0.4, -0.2) is 53.5 Å². The third-order valence-corrected chi connectivity index (χ3v) is 7.30. The van der Waals surface area contributed by atoms with Crippen molar-refractivity contribution in [2.45, 2.75) is 64.0 Å². The largest absolute Gasteiger partial charge is 0.380 e. The number of piperidine rings is 1. The number of benzene rings is 1. The molecule has 2 aliphatic heterocycles. The number of hydrogen-bond donors (Lipinski definition) is 1. The summed E-state index contributed by atoms with van der Waals surface area (Å²) in [5, 5.41) is 8.74. The van der Waals surface area contributed by atoms with E-state index in [9.17, 15) is 4.39 Å². The highest BCUT2D eigenvalue weighted by atomic mass is 19.1. The minimum atomic E-state index is -0.147. The Hall–Kier alpha value is -2.58. The first kappa shape index (κ1) is 21.0. The lowest BCUT2D eigenvalue weighted by Gasteiger charge is -2.35. The van der Waals surface area contributed by atoms with E-state index >= 15 is 0 Å². The van der Waals surface area contributed by atoms with Crippen LogP contribution in [-0.2, 0) is 4.74 Å². The molecular weight excluding hydrogens is 421 g/mol. The number of hydrogen-bond acceptors (Lipinski definition) is 7. The molecule has 2 aromatic heterocycles. The molecule has 0 radical (unpaired) electrons. The second kappa shape index (κ2) is 8.33. The Morgan fingerprint density at radius 3 is 2.52 bits per heavy atom. The molecule has 6 rings (SSSR count). The summed E-state index contributed by atoms with van der Waals surface area (Å²) in [6, 6.07) is 4.53. The smallest absolute Gasteiger partial charge is 0.261 e. The predicted octanol–water partition coefficient (Wildman–Crippen LogP) is 4.27. The zero-order chi connectivity index (χ0) is 22.5. The SMILES string of the molecule is Cc1noc(-c2c(N3CCC(N[C@H]4CCOC4)CC3)nc3cc(F)c(C4CC4)cc3c2C)n1. The van der Waals surface area contributed by atoms with Gasteiger partial charge in [0.05, 0.1) is 17.7 Å². The fraction of sp³-hybridized carbons (Fsp3) is 0.560. The van der Waals surface area contributed by atoms with Gasteiger partial charge in [-0.15, -0.1) is 0 Å².